The van der Waals surface area contributed by atoms with E-state index in [1.54, 1.807) is 6.92 Å². The molecule has 0 aromatic heterocycles. The second-order valence-corrected chi connectivity index (χ2v) is 4.24. The van der Waals surface area contributed by atoms with Crippen molar-refractivity contribution in [2.24, 2.45) is 0 Å². The number of carboxylic acid groups (broad SMARTS) is 1. The van der Waals surface area contributed by atoms with Gasteiger partial charge in [-0.3, -0.25) is 10.1 Å². The molecule has 0 bridgehead atoms. The number of ether oxygens (including phenoxy) is 1. The van der Waals surface area contributed by atoms with E-state index < -0.39 is 10.9 Å². The van der Waals surface area contributed by atoms with Crippen molar-refractivity contribution in [3.63, 3.8) is 0 Å². The Morgan fingerprint density at radius 3 is 2.63 bits per heavy atom. The highest BCUT2D eigenvalue weighted by Crippen LogP contribution is 2.29. The van der Waals surface area contributed by atoms with Gasteiger partial charge in [-0.25, -0.2) is 4.79 Å². The highest BCUT2D eigenvalue weighted by Gasteiger charge is 2.19. The van der Waals surface area contributed by atoms with E-state index in [1.807, 2.05) is 0 Å². The Hall–Kier alpha value is -2.11. The van der Waals surface area contributed by atoms with Crippen molar-refractivity contribution >= 4 is 11.7 Å². The minimum absolute atomic E-state index is 0.136. The van der Waals surface area contributed by atoms with Crippen LogP contribution < -0.4 is 4.74 Å². The molecule has 1 aromatic rings. The zero-order valence-electron chi connectivity index (χ0n) is 11.0. The molecule has 0 aliphatic heterocycles. The lowest BCUT2D eigenvalue weighted by Gasteiger charge is -2.10. The lowest BCUT2D eigenvalue weighted by atomic mass is 10.1. The molecule has 19 heavy (non-hydrogen) atoms. The number of rotatable bonds is 7. The lowest BCUT2D eigenvalue weighted by molar-refractivity contribution is -0.385. The minimum atomic E-state index is -1.21. The molecule has 1 rings (SSSR count). The first-order valence-corrected chi connectivity index (χ1v) is 6.12. The Bertz CT molecular complexity index is 484. The first kappa shape index (κ1) is 14.9. The summed E-state index contributed by atoms with van der Waals surface area (Å²) in [5.74, 6) is -0.941. The number of carbonyl (C=O) groups is 1. The van der Waals surface area contributed by atoms with Crippen molar-refractivity contribution < 1.29 is 19.6 Å². The maximum Gasteiger partial charge on any atom is 0.336 e. The number of carboxylic acids is 1. The maximum atomic E-state index is 10.9. The summed E-state index contributed by atoms with van der Waals surface area (Å²) >= 11 is 0. The van der Waals surface area contributed by atoms with Crippen LogP contribution >= 0.6 is 0 Å². The normalized spacial score (nSPS) is 10.2. The van der Waals surface area contributed by atoms with Gasteiger partial charge >= 0.3 is 5.97 Å². The van der Waals surface area contributed by atoms with Crippen molar-refractivity contribution in [2.75, 3.05) is 6.61 Å². The second-order valence-electron chi connectivity index (χ2n) is 4.24. The molecule has 0 saturated heterocycles. The first-order valence-electron chi connectivity index (χ1n) is 6.12. The highest BCUT2D eigenvalue weighted by molar-refractivity contribution is 5.89. The third-order valence-corrected chi connectivity index (χ3v) is 2.78. The van der Waals surface area contributed by atoms with Gasteiger partial charge in [0.1, 0.15) is 5.75 Å². The molecular weight excluding hydrogens is 250 g/mol. The molecule has 0 aliphatic rings. The summed E-state index contributed by atoms with van der Waals surface area (Å²) < 4.78 is 5.45. The zero-order valence-corrected chi connectivity index (χ0v) is 11.0. The van der Waals surface area contributed by atoms with E-state index in [9.17, 15) is 14.9 Å². The minimum Gasteiger partial charge on any atom is -0.493 e. The van der Waals surface area contributed by atoms with E-state index in [-0.39, 0.29) is 17.0 Å². The van der Waals surface area contributed by atoms with Crippen LogP contribution in [0.25, 0.3) is 0 Å². The van der Waals surface area contributed by atoms with E-state index in [2.05, 4.69) is 6.92 Å². The zero-order chi connectivity index (χ0) is 14.4. The smallest absolute Gasteiger partial charge is 0.336 e. The van der Waals surface area contributed by atoms with Gasteiger partial charge in [0.2, 0.25) is 0 Å². The Labute approximate surface area is 111 Å². The molecule has 104 valence electrons. The van der Waals surface area contributed by atoms with Crippen LogP contribution in [0, 0.1) is 17.0 Å². The van der Waals surface area contributed by atoms with Gasteiger partial charge in [-0.15, -0.1) is 0 Å². The summed E-state index contributed by atoms with van der Waals surface area (Å²) in [4.78, 5) is 21.2. The van der Waals surface area contributed by atoms with Gasteiger partial charge in [-0.2, -0.15) is 0 Å². The van der Waals surface area contributed by atoms with E-state index >= 15 is 0 Å². The quantitative estimate of drug-likeness (QED) is 0.465. The number of aromatic carboxylic acids is 1. The number of nitro benzene ring substituents is 1. The summed E-state index contributed by atoms with van der Waals surface area (Å²) in [5, 5.41) is 19.8. The third kappa shape index (κ3) is 3.94. The highest BCUT2D eigenvalue weighted by atomic mass is 16.6. The Morgan fingerprint density at radius 2 is 2.11 bits per heavy atom. The van der Waals surface area contributed by atoms with Crippen LogP contribution in [-0.2, 0) is 0 Å². The van der Waals surface area contributed by atoms with Crippen molar-refractivity contribution in [1.82, 2.24) is 0 Å². The van der Waals surface area contributed by atoms with Crippen LogP contribution in [0.15, 0.2) is 12.1 Å². The Morgan fingerprint density at radius 1 is 1.42 bits per heavy atom. The van der Waals surface area contributed by atoms with E-state index in [4.69, 9.17) is 9.84 Å². The summed E-state index contributed by atoms with van der Waals surface area (Å²) in [6, 6.07) is 2.38. The van der Waals surface area contributed by atoms with Crippen molar-refractivity contribution in [3.8, 4) is 5.75 Å². The summed E-state index contributed by atoms with van der Waals surface area (Å²) in [6.07, 6.45) is 2.87. The molecule has 0 aliphatic carbocycles. The van der Waals surface area contributed by atoms with Crippen LogP contribution in [0.5, 0.6) is 5.75 Å². The molecular formula is C13H17NO5. The first-order chi connectivity index (χ1) is 8.97. The maximum absolute atomic E-state index is 10.9. The number of hydrogen-bond donors (Lipinski definition) is 1. The Kier molecular flexibility index (Phi) is 5.29. The van der Waals surface area contributed by atoms with Crippen LogP contribution in [0.1, 0.15) is 42.1 Å². The fraction of sp³-hybridized carbons (Fsp3) is 0.462. The summed E-state index contributed by atoms with van der Waals surface area (Å²) in [5.41, 5.74) is -0.0142. The SMILES string of the molecule is CCCCCOc1cc(C(=O)O)cc([N+](=O)[O-])c1C. The fourth-order valence-electron chi connectivity index (χ4n) is 1.67. The second kappa shape index (κ2) is 6.72. The molecule has 0 heterocycles. The number of hydrogen-bond acceptors (Lipinski definition) is 4. The molecule has 0 fully saturated rings. The van der Waals surface area contributed by atoms with Crippen molar-refractivity contribution in [1.29, 1.82) is 0 Å². The van der Waals surface area contributed by atoms with Crippen LogP contribution in [0.3, 0.4) is 0 Å². The predicted molar refractivity (Wildman–Crippen MR) is 69.8 cm³/mol. The predicted octanol–water partition coefficient (Wildman–Crippen LogP) is 3.17. The van der Waals surface area contributed by atoms with Gasteiger partial charge in [-0.1, -0.05) is 19.8 Å². The van der Waals surface area contributed by atoms with Crippen molar-refractivity contribution in [3.05, 3.63) is 33.4 Å². The van der Waals surface area contributed by atoms with E-state index in [0.717, 1.165) is 25.3 Å². The average molecular weight is 267 g/mol. The monoisotopic (exact) mass is 267 g/mol. The van der Waals surface area contributed by atoms with Gasteiger partial charge in [0.05, 0.1) is 22.7 Å². The van der Waals surface area contributed by atoms with Crippen LogP contribution in [-0.4, -0.2) is 22.6 Å². The number of nitro groups is 1. The van der Waals surface area contributed by atoms with E-state index in [1.165, 1.54) is 6.07 Å². The summed E-state index contributed by atoms with van der Waals surface area (Å²) in [7, 11) is 0. The lowest BCUT2D eigenvalue weighted by Crippen LogP contribution is -2.05. The number of nitrogens with zero attached hydrogens (tertiary/aromatic N) is 1. The molecule has 0 radical (unpaired) electrons. The molecule has 6 heteroatoms. The number of benzene rings is 1. The molecule has 0 atom stereocenters. The van der Waals surface area contributed by atoms with E-state index in [0.29, 0.717) is 12.2 Å². The molecule has 1 N–H and O–H groups in total. The molecule has 0 unspecified atom stereocenters. The molecule has 0 spiro atoms. The van der Waals surface area contributed by atoms with Crippen LogP contribution in [0.4, 0.5) is 5.69 Å². The standard InChI is InChI=1S/C13H17NO5/c1-3-4-5-6-19-12-8-10(13(15)16)7-11(9(12)2)14(17)18/h7-8H,3-6H2,1-2H3,(H,15,16). The Balaban J connectivity index is 3.01. The van der Waals surface area contributed by atoms with Gasteiger partial charge in [0.25, 0.3) is 5.69 Å². The topological polar surface area (TPSA) is 89.7 Å². The molecule has 0 saturated carbocycles. The van der Waals surface area contributed by atoms with Gasteiger partial charge in [-0.05, 0) is 19.4 Å². The van der Waals surface area contributed by atoms with Crippen molar-refractivity contribution in [2.45, 2.75) is 33.1 Å². The third-order valence-electron chi connectivity index (χ3n) is 2.78. The van der Waals surface area contributed by atoms with Gasteiger partial charge in [0, 0.05) is 6.07 Å². The fourth-order valence-corrected chi connectivity index (χ4v) is 1.67. The summed E-state index contributed by atoms with van der Waals surface area (Å²) in [6.45, 7) is 4.04. The molecule has 6 nitrogen and oxygen atoms in total. The average Bonchev–Trinajstić information content (AvgIpc) is 2.35. The molecule has 1 aromatic carbocycles. The van der Waals surface area contributed by atoms with Crippen LogP contribution in [0.2, 0.25) is 0 Å². The van der Waals surface area contributed by atoms with Gasteiger partial charge in [0.15, 0.2) is 0 Å². The van der Waals surface area contributed by atoms with Gasteiger partial charge < -0.3 is 9.84 Å². The number of unbranched alkanes of at least 4 members (excludes halogenated alkanes) is 2. The molecule has 0 amide bonds. The largest absolute Gasteiger partial charge is 0.493 e.